The topological polar surface area (TPSA) is 37.3 Å². The molecule has 0 saturated carbocycles. The van der Waals surface area contributed by atoms with Crippen molar-refractivity contribution in [3.8, 4) is 0 Å². The molecule has 1 N–H and O–H groups in total. The molecular weight excluding hydrogens is 289 g/mol. The van der Waals surface area contributed by atoms with Crippen LogP contribution >= 0.6 is 11.8 Å². The maximum atomic E-state index is 13.5. The number of carboxylic acids is 1. The first-order valence-electron chi connectivity index (χ1n) is 5.57. The molecule has 0 aliphatic heterocycles. The number of aromatic carboxylic acids is 1. The maximum Gasteiger partial charge on any atom is 0.335 e. The van der Waals surface area contributed by atoms with E-state index < -0.39 is 23.4 Å². The van der Waals surface area contributed by atoms with Crippen molar-refractivity contribution >= 4 is 17.7 Å². The lowest BCUT2D eigenvalue weighted by Gasteiger charge is -2.06. The van der Waals surface area contributed by atoms with Crippen LogP contribution in [-0.2, 0) is 5.75 Å². The van der Waals surface area contributed by atoms with Gasteiger partial charge < -0.3 is 5.11 Å². The summed E-state index contributed by atoms with van der Waals surface area (Å²) < 4.78 is 39.9. The van der Waals surface area contributed by atoms with Gasteiger partial charge in [-0.05, 0) is 42.0 Å². The van der Waals surface area contributed by atoms with Gasteiger partial charge >= 0.3 is 5.97 Å². The molecule has 0 heterocycles. The number of rotatable bonds is 4. The van der Waals surface area contributed by atoms with E-state index in [4.69, 9.17) is 5.11 Å². The zero-order valence-electron chi connectivity index (χ0n) is 10.1. The highest BCUT2D eigenvalue weighted by Gasteiger charge is 2.10. The maximum absolute atomic E-state index is 13.5. The minimum atomic E-state index is -1.17. The van der Waals surface area contributed by atoms with E-state index in [1.165, 1.54) is 6.07 Å². The third-order valence-electron chi connectivity index (χ3n) is 2.57. The Morgan fingerprint density at radius 2 is 1.75 bits per heavy atom. The van der Waals surface area contributed by atoms with Crippen molar-refractivity contribution in [2.75, 3.05) is 0 Å². The molecule has 6 heteroatoms. The van der Waals surface area contributed by atoms with Crippen LogP contribution in [0, 0.1) is 17.5 Å². The summed E-state index contributed by atoms with van der Waals surface area (Å²) in [5, 5.41) is 8.83. The summed E-state index contributed by atoms with van der Waals surface area (Å²) in [6.45, 7) is 0. The fraction of sp³-hybridized carbons (Fsp3) is 0.0714. The van der Waals surface area contributed by atoms with E-state index in [1.54, 1.807) is 0 Å². The van der Waals surface area contributed by atoms with Crippen molar-refractivity contribution in [3.63, 3.8) is 0 Å². The summed E-state index contributed by atoms with van der Waals surface area (Å²) in [5.41, 5.74) is 0.0697. The van der Waals surface area contributed by atoms with Crippen molar-refractivity contribution in [2.45, 2.75) is 10.6 Å². The van der Waals surface area contributed by atoms with Gasteiger partial charge in [-0.15, -0.1) is 11.8 Å². The Bertz CT molecular complexity index is 659. The Morgan fingerprint density at radius 3 is 2.45 bits per heavy atom. The summed E-state index contributed by atoms with van der Waals surface area (Å²) in [7, 11) is 0. The van der Waals surface area contributed by atoms with Crippen molar-refractivity contribution in [3.05, 3.63) is 65.0 Å². The second kappa shape index (κ2) is 6.00. The fourth-order valence-corrected chi connectivity index (χ4v) is 2.50. The van der Waals surface area contributed by atoms with Crippen molar-refractivity contribution in [1.82, 2.24) is 0 Å². The van der Waals surface area contributed by atoms with Gasteiger partial charge in [0, 0.05) is 10.6 Å². The fourth-order valence-electron chi connectivity index (χ4n) is 1.56. The zero-order valence-corrected chi connectivity index (χ0v) is 10.9. The summed E-state index contributed by atoms with van der Waals surface area (Å²) in [5.74, 6) is -2.94. The highest BCUT2D eigenvalue weighted by Crippen LogP contribution is 2.27. The van der Waals surface area contributed by atoms with Crippen LogP contribution in [0.25, 0.3) is 0 Å². The van der Waals surface area contributed by atoms with Crippen LogP contribution in [-0.4, -0.2) is 11.1 Å². The number of halogens is 3. The Morgan fingerprint density at radius 1 is 1.05 bits per heavy atom. The van der Waals surface area contributed by atoms with Gasteiger partial charge in [-0.3, -0.25) is 0 Å². The van der Waals surface area contributed by atoms with Crippen molar-refractivity contribution < 1.29 is 23.1 Å². The quantitative estimate of drug-likeness (QED) is 0.864. The summed E-state index contributed by atoms with van der Waals surface area (Å²) in [4.78, 5) is 10.8. The Kier molecular flexibility index (Phi) is 4.34. The first-order valence-corrected chi connectivity index (χ1v) is 6.55. The highest BCUT2D eigenvalue weighted by atomic mass is 32.2. The Labute approximate surface area is 117 Å². The number of thioether (sulfide) groups is 1. The van der Waals surface area contributed by atoms with Gasteiger partial charge in [0.1, 0.15) is 17.5 Å². The van der Waals surface area contributed by atoms with Crippen LogP contribution in [0.4, 0.5) is 13.2 Å². The van der Waals surface area contributed by atoms with Gasteiger partial charge in [-0.2, -0.15) is 0 Å². The highest BCUT2D eigenvalue weighted by molar-refractivity contribution is 7.98. The lowest BCUT2D eigenvalue weighted by Crippen LogP contribution is -1.99. The molecule has 2 aromatic carbocycles. The molecule has 0 amide bonds. The molecule has 0 aromatic heterocycles. The van der Waals surface area contributed by atoms with E-state index in [9.17, 15) is 18.0 Å². The summed E-state index contributed by atoms with van der Waals surface area (Å²) in [6, 6.07) is 6.36. The van der Waals surface area contributed by atoms with Gasteiger partial charge in [0.15, 0.2) is 0 Å². The number of carboxylic acid groups (broad SMARTS) is 1. The first kappa shape index (κ1) is 14.5. The summed E-state index contributed by atoms with van der Waals surface area (Å²) >= 11 is 0.901. The molecule has 0 spiro atoms. The van der Waals surface area contributed by atoms with E-state index in [2.05, 4.69) is 0 Å². The Hall–Kier alpha value is -1.95. The second-order valence-corrected chi connectivity index (χ2v) is 4.99. The Balaban J connectivity index is 2.20. The summed E-state index contributed by atoms with van der Waals surface area (Å²) in [6.07, 6.45) is 0. The molecule has 2 rings (SSSR count). The monoisotopic (exact) mass is 298 g/mol. The molecule has 20 heavy (non-hydrogen) atoms. The molecule has 0 bridgehead atoms. The smallest absolute Gasteiger partial charge is 0.335 e. The standard InChI is InChI=1S/C14H9F3O2S/c15-10-2-4-12(17)13(6-10)20-7-9-5-8(14(18)19)1-3-11(9)16/h1-6H,7H2,(H,18,19). The van der Waals surface area contributed by atoms with E-state index >= 15 is 0 Å². The van der Waals surface area contributed by atoms with Gasteiger partial charge in [0.2, 0.25) is 0 Å². The van der Waals surface area contributed by atoms with E-state index in [-0.39, 0.29) is 21.8 Å². The van der Waals surface area contributed by atoms with Gasteiger partial charge in [-0.25, -0.2) is 18.0 Å². The average Bonchev–Trinajstić information content (AvgIpc) is 2.41. The second-order valence-electron chi connectivity index (χ2n) is 3.97. The average molecular weight is 298 g/mol. The lowest BCUT2D eigenvalue weighted by molar-refractivity contribution is 0.0696. The third-order valence-corrected chi connectivity index (χ3v) is 3.65. The number of hydrogen-bond donors (Lipinski definition) is 1. The molecule has 0 aliphatic carbocycles. The molecule has 2 nitrogen and oxygen atoms in total. The van der Waals surface area contributed by atoms with Crippen LogP contribution in [0.1, 0.15) is 15.9 Å². The van der Waals surface area contributed by atoms with E-state index in [1.807, 2.05) is 0 Å². The van der Waals surface area contributed by atoms with E-state index in [0.29, 0.717) is 0 Å². The first-order chi connectivity index (χ1) is 9.47. The SMILES string of the molecule is O=C(O)c1ccc(F)c(CSc2cc(F)ccc2F)c1. The zero-order chi connectivity index (χ0) is 14.7. The molecule has 0 aliphatic rings. The van der Waals surface area contributed by atoms with Crippen molar-refractivity contribution in [1.29, 1.82) is 0 Å². The molecule has 2 aromatic rings. The van der Waals surface area contributed by atoms with Gasteiger partial charge in [0.25, 0.3) is 0 Å². The molecule has 0 saturated heterocycles. The van der Waals surface area contributed by atoms with E-state index in [0.717, 1.165) is 42.1 Å². The molecule has 0 unspecified atom stereocenters. The largest absolute Gasteiger partial charge is 0.478 e. The van der Waals surface area contributed by atoms with Crippen LogP contribution in [0.3, 0.4) is 0 Å². The lowest BCUT2D eigenvalue weighted by atomic mass is 10.1. The van der Waals surface area contributed by atoms with Crippen LogP contribution in [0.15, 0.2) is 41.3 Å². The van der Waals surface area contributed by atoms with Gasteiger partial charge in [0.05, 0.1) is 5.56 Å². The minimum Gasteiger partial charge on any atom is -0.478 e. The normalized spacial score (nSPS) is 10.6. The van der Waals surface area contributed by atoms with Crippen LogP contribution in [0.2, 0.25) is 0 Å². The number of carbonyl (C=O) groups is 1. The number of benzene rings is 2. The van der Waals surface area contributed by atoms with Crippen molar-refractivity contribution in [2.24, 2.45) is 0 Å². The molecule has 0 fully saturated rings. The van der Waals surface area contributed by atoms with Crippen LogP contribution < -0.4 is 0 Å². The minimum absolute atomic E-state index is 0.00727. The predicted octanol–water partition coefficient (Wildman–Crippen LogP) is 4.09. The molecule has 0 atom stereocenters. The van der Waals surface area contributed by atoms with Crippen LogP contribution in [0.5, 0.6) is 0 Å². The van der Waals surface area contributed by atoms with Gasteiger partial charge in [-0.1, -0.05) is 0 Å². The molecule has 104 valence electrons. The molecule has 0 radical (unpaired) electrons. The molecular formula is C14H9F3O2S. The number of hydrogen-bond acceptors (Lipinski definition) is 2. The third kappa shape index (κ3) is 3.33. The predicted molar refractivity (Wildman–Crippen MR) is 69.3 cm³/mol.